The van der Waals surface area contributed by atoms with Crippen LogP contribution in [-0.4, -0.2) is 41.6 Å². The second-order valence-electron chi connectivity index (χ2n) is 5.75. The normalized spacial score (nSPS) is 19.5. The molecule has 0 heterocycles. The van der Waals surface area contributed by atoms with E-state index in [9.17, 15) is 9.59 Å². The van der Waals surface area contributed by atoms with Gasteiger partial charge in [0.25, 0.3) is 0 Å². The van der Waals surface area contributed by atoms with Crippen LogP contribution < -0.4 is 5.32 Å². The van der Waals surface area contributed by atoms with Crippen molar-refractivity contribution >= 4 is 12.0 Å². The van der Waals surface area contributed by atoms with Crippen molar-refractivity contribution in [2.24, 2.45) is 11.8 Å². The minimum absolute atomic E-state index is 0.175. The number of carbonyl (C=O) groups excluding carboxylic acids is 1. The Morgan fingerprint density at radius 1 is 1.26 bits per heavy atom. The van der Waals surface area contributed by atoms with Gasteiger partial charge >= 0.3 is 12.0 Å². The number of nitrogens with one attached hydrogen (secondary N) is 1. The van der Waals surface area contributed by atoms with Crippen LogP contribution in [0.2, 0.25) is 0 Å². The van der Waals surface area contributed by atoms with Gasteiger partial charge in [0, 0.05) is 19.6 Å². The number of amides is 2. The summed E-state index contributed by atoms with van der Waals surface area (Å²) in [6.45, 7) is 4.10. The lowest BCUT2D eigenvalue weighted by Gasteiger charge is -2.28. The minimum Gasteiger partial charge on any atom is -0.481 e. The zero-order valence-corrected chi connectivity index (χ0v) is 12.2. The van der Waals surface area contributed by atoms with Gasteiger partial charge in [0.1, 0.15) is 0 Å². The average molecular weight is 270 g/mol. The number of hydrogen-bond acceptors (Lipinski definition) is 2. The molecule has 0 spiro atoms. The van der Waals surface area contributed by atoms with E-state index >= 15 is 0 Å². The molecule has 110 valence electrons. The average Bonchev–Trinajstić information content (AvgIpc) is 2.38. The summed E-state index contributed by atoms with van der Waals surface area (Å²) in [5, 5.41) is 11.7. The fourth-order valence-corrected chi connectivity index (χ4v) is 2.48. The molecule has 0 aromatic rings. The van der Waals surface area contributed by atoms with E-state index in [2.05, 4.69) is 5.32 Å². The van der Waals surface area contributed by atoms with Gasteiger partial charge in [0.05, 0.1) is 5.92 Å². The molecule has 19 heavy (non-hydrogen) atoms. The number of aliphatic carboxylic acids is 1. The molecular weight excluding hydrogens is 244 g/mol. The zero-order chi connectivity index (χ0) is 14.4. The van der Waals surface area contributed by atoms with E-state index in [0.29, 0.717) is 5.92 Å². The highest BCUT2D eigenvalue weighted by Gasteiger charge is 2.23. The van der Waals surface area contributed by atoms with Crippen molar-refractivity contribution in [1.29, 1.82) is 0 Å². The van der Waals surface area contributed by atoms with E-state index in [-0.39, 0.29) is 12.1 Å². The maximum Gasteiger partial charge on any atom is 0.317 e. The van der Waals surface area contributed by atoms with E-state index in [1.807, 2.05) is 0 Å². The van der Waals surface area contributed by atoms with E-state index < -0.39 is 11.9 Å². The number of rotatable bonds is 5. The van der Waals surface area contributed by atoms with Crippen LogP contribution in [0.3, 0.4) is 0 Å². The fraction of sp³-hybridized carbons (Fsp3) is 0.857. The van der Waals surface area contributed by atoms with E-state index in [1.54, 1.807) is 25.8 Å². The summed E-state index contributed by atoms with van der Waals surface area (Å²) in [6.07, 6.45) is 6.20. The molecule has 1 saturated carbocycles. The second kappa shape index (κ2) is 7.36. The molecule has 2 unspecified atom stereocenters. The van der Waals surface area contributed by atoms with Gasteiger partial charge in [0.15, 0.2) is 0 Å². The van der Waals surface area contributed by atoms with Gasteiger partial charge in [-0.15, -0.1) is 0 Å². The highest BCUT2D eigenvalue weighted by Crippen LogP contribution is 2.24. The van der Waals surface area contributed by atoms with Gasteiger partial charge in [-0.2, -0.15) is 0 Å². The lowest BCUT2D eigenvalue weighted by Crippen LogP contribution is -2.47. The van der Waals surface area contributed by atoms with Crippen molar-refractivity contribution in [1.82, 2.24) is 10.2 Å². The lowest BCUT2D eigenvalue weighted by molar-refractivity contribution is -0.141. The molecule has 1 fully saturated rings. The Hall–Kier alpha value is -1.26. The van der Waals surface area contributed by atoms with Crippen molar-refractivity contribution in [3.05, 3.63) is 0 Å². The molecule has 2 atom stereocenters. The molecule has 0 aliphatic heterocycles. The molecule has 1 aliphatic carbocycles. The lowest BCUT2D eigenvalue weighted by atomic mass is 9.89. The third kappa shape index (κ3) is 5.09. The highest BCUT2D eigenvalue weighted by atomic mass is 16.4. The predicted molar refractivity (Wildman–Crippen MR) is 74.0 cm³/mol. The van der Waals surface area contributed by atoms with Gasteiger partial charge in [-0.05, 0) is 32.6 Å². The van der Waals surface area contributed by atoms with Gasteiger partial charge in [0.2, 0.25) is 0 Å². The van der Waals surface area contributed by atoms with E-state index in [0.717, 1.165) is 6.54 Å². The summed E-state index contributed by atoms with van der Waals surface area (Å²) in [7, 11) is 1.78. The van der Waals surface area contributed by atoms with Crippen LogP contribution in [0.5, 0.6) is 0 Å². The van der Waals surface area contributed by atoms with Gasteiger partial charge in [-0.25, -0.2) is 4.79 Å². The predicted octanol–water partition coefficient (Wildman–Crippen LogP) is 2.32. The Morgan fingerprint density at radius 3 is 2.37 bits per heavy atom. The number of hydrogen-bond donors (Lipinski definition) is 2. The molecule has 2 N–H and O–H groups in total. The third-order valence-electron chi connectivity index (χ3n) is 4.09. The maximum atomic E-state index is 12.0. The molecule has 0 saturated heterocycles. The fourth-order valence-electron chi connectivity index (χ4n) is 2.48. The quantitative estimate of drug-likeness (QED) is 0.805. The summed E-state index contributed by atoms with van der Waals surface area (Å²) in [6, 6.07) is -0.537. The Labute approximate surface area is 115 Å². The number of urea groups is 1. The smallest absolute Gasteiger partial charge is 0.317 e. The van der Waals surface area contributed by atoms with Crippen LogP contribution in [0.4, 0.5) is 4.79 Å². The molecule has 0 aromatic carbocycles. The van der Waals surface area contributed by atoms with Crippen LogP contribution in [0.1, 0.15) is 46.0 Å². The monoisotopic (exact) mass is 270 g/mol. The molecule has 1 rings (SSSR count). The molecule has 5 heteroatoms. The molecule has 5 nitrogen and oxygen atoms in total. The molecular formula is C14H26N2O3. The van der Waals surface area contributed by atoms with Crippen molar-refractivity contribution in [3.63, 3.8) is 0 Å². The van der Waals surface area contributed by atoms with E-state index in [4.69, 9.17) is 5.11 Å². The largest absolute Gasteiger partial charge is 0.481 e. The summed E-state index contributed by atoms with van der Waals surface area (Å²) in [5.74, 6) is -0.869. The first-order valence-electron chi connectivity index (χ1n) is 7.16. The number of nitrogens with zero attached hydrogens (tertiary/aromatic N) is 1. The number of carbonyl (C=O) groups is 2. The van der Waals surface area contributed by atoms with Crippen LogP contribution in [0.25, 0.3) is 0 Å². The topological polar surface area (TPSA) is 69.6 Å². The van der Waals surface area contributed by atoms with Crippen molar-refractivity contribution in [2.75, 3.05) is 13.6 Å². The van der Waals surface area contributed by atoms with Crippen LogP contribution in [-0.2, 0) is 4.79 Å². The van der Waals surface area contributed by atoms with Crippen molar-refractivity contribution in [3.8, 4) is 0 Å². The summed E-state index contributed by atoms with van der Waals surface area (Å²) < 4.78 is 0. The van der Waals surface area contributed by atoms with Crippen molar-refractivity contribution in [2.45, 2.75) is 52.0 Å². The van der Waals surface area contributed by atoms with Crippen LogP contribution in [0, 0.1) is 11.8 Å². The first-order chi connectivity index (χ1) is 8.91. The van der Waals surface area contributed by atoms with Gasteiger partial charge in [-0.3, -0.25) is 4.79 Å². The summed E-state index contributed by atoms with van der Waals surface area (Å²) in [4.78, 5) is 24.5. The molecule has 0 bridgehead atoms. The number of carboxylic acids is 1. The number of carboxylic acid groups (broad SMARTS) is 1. The maximum absolute atomic E-state index is 12.0. The first kappa shape index (κ1) is 15.8. The molecule has 2 amide bonds. The zero-order valence-electron chi connectivity index (χ0n) is 12.2. The Morgan fingerprint density at radius 2 is 1.84 bits per heavy atom. The van der Waals surface area contributed by atoms with Gasteiger partial charge < -0.3 is 15.3 Å². The SMILES string of the molecule is CC(NC(=O)N(C)CC1CCCCC1)C(C)C(=O)O. The highest BCUT2D eigenvalue weighted by molar-refractivity contribution is 5.76. The first-order valence-corrected chi connectivity index (χ1v) is 7.16. The Balaban J connectivity index is 2.37. The Kier molecular flexibility index (Phi) is 6.12. The second-order valence-corrected chi connectivity index (χ2v) is 5.75. The van der Waals surface area contributed by atoms with Gasteiger partial charge in [-0.1, -0.05) is 19.3 Å². The third-order valence-corrected chi connectivity index (χ3v) is 4.09. The summed E-state index contributed by atoms with van der Waals surface area (Å²) in [5.41, 5.74) is 0. The minimum atomic E-state index is -0.886. The summed E-state index contributed by atoms with van der Waals surface area (Å²) >= 11 is 0. The molecule has 0 aromatic heterocycles. The Bertz CT molecular complexity index is 314. The van der Waals surface area contributed by atoms with Crippen LogP contribution in [0.15, 0.2) is 0 Å². The van der Waals surface area contributed by atoms with Crippen molar-refractivity contribution < 1.29 is 14.7 Å². The standard InChI is InChI=1S/C14H26N2O3/c1-10(13(17)18)11(2)15-14(19)16(3)9-12-7-5-4-6-8-12/h10-12H,4-9H2,1-3H3,(H,15,19)(H,17,18). The molecule has 0 radical (unpaired) electrons. The molecule has 1 aliphatic rings. The van der Waals surface area contributed by atoms with Crippen LogP contribution >= 0.6 is 0 Å². The van der Waals surface area contributed by atoms with E-state index in [1.165, 1.54) is 32.1 Å².